The molecular formula is C15H21NOS3. The number of thiophene rings is 1. The monoisotopic (exact) mass is 327 g/mol. The van der Waals surface area contributed by atoms with E-state index in [1.807, 2.05) is 0 Å². The molecule has 1 rings (SSSR count). The van der Waals surface area contributed by atoms with E-state index in [0.717, 1.165) is 13.0 Å². The van der Waals surface area contributed by atoms with Crippen molar-refractivity contribution in [2.45, 2.75) is 32.7 Å². The molecule has 1 aromatic heterocycles. The maximum Gasteiger partial charge on any atom is 0.129 e. The van der Waals surface area contributed by atoms with Gasteiger partial charge in [0, 0.05) is 22.7 Å². The summed E-state index contributed by atoms with van der Waals surface area (Å²) in [6.07, 6.45) is 5.78. The highest BCUT2D eigenvalue weighted by atomic mass is 32.2. The zero-order valence-electron chi connectivity index (χ0n) is 12.2. The molecule has 0 N–H and O–H groups in total. The molecule has 0 aliphatic heterocycles. The topological polar surface area (TPSA) is 20.3 Å². The zero-order chi connectivity index (χ0) is 15.0. The molecule has 2 nitrogen and oxygen atoms in total. The van der Waals surface area contributed by atoms with E-state index < -0.39 is 0 Å². The van der Waals surface area contributed by atoms with Gasteiger partial charge in [-0.2, -0.15) is 0 Å². The summed E-state index contributed by atoms with van der Waals surface area (Å²) in [5, 5.41) is 2.08. The van der Waals surface area contributed by atoms with Crippen molar-refractivity contribution < 1.29 is 4.79 Å². The molecule has 0 aliphatic carbocycles. The first kappa shape index (κ1) is 17.4. The summed E-state index contributed by atoms with van der Waals surface area (Å²) in [7, 11) is 0. The third-order valence-corrected chi connectivity index (χ3v) is 5.07. The van der Waals surface area contributed by atoms with Crippen molar-refractivity contribution in [2.24, 2.45) is 0 Å². The standard InChI is InChI=1S/C15H21NOS3/c1-12(17)6-4-8-16(11-18)13(2)15(19-3)10-14-7-5-9-20-14/h5,7,9-11,13H,4,6,8H2,1-3H3/b15-10-. The molecule has 0 aliphatic rings. The van der Waals surface area contributed by atoms with Gasteiger partial charge in [-0.3, -0.25) is 0 Å². The molecule has 0 spiro atoms. The zero-order valence-corrected chi connectivity index (χ0v) is 14.6. The molecule has 0 aromatic carbocycles. The number of carbonyl (C=O) groups is 1. The van der Waals surface area contributed by atoms with Crippen molar-refractivity contribution in [3.63, 3.8) is 0 Å². The van der Waals surface area contributed by atoms with Crippen molar-refractivity contribution >= 4 is 52.7 Å². The van der Waals surface area contributed by atoms with E-state index >= 15 is 0 Å². The first-order chi connectivity index (χ1) is 9.58. The second-order valence-electron chi connectivity index (χ2n) is 4.59. The van der Waals surface area contributed by atoms with Crippen LogP contribution in [0.2, 0.25) is 0 Å². The Bertz CT molecular complexity index is 454. The molecule has 1 heterocycles. The van der Waals surface area contributed by atoms with Crippen LogP contribution in [0.1, 0.15) is 31.6 Å². The van der Waals surface area contributed by atoms with E-state index in [-0.39, 0.29) is 11.8 Å². The van der Waals surface area contributed by atoms with Gasteiger partial charge in [0.1, 0.15) is 5.78 Å². The van der Waals surface area contributed by atoms with Gasteiger partial charge in [0.2, 0.25) is 0 Å². The molecule has 0 radical (unpaired) electrons. The second kappa shape index (κ2) is 9.32. The van der Waals surface area contributed by atoms with Crippen LogP contribution < -0.4 is 0 Å². The number of carbonyl (C=O) groups excluding carboxylic acids is 1. The molecule has 110 valence electrons. The van der Waals surface area contributed by atoms with Crippen molar-refractivity contribution in [3.8, 4) is 0 Å². The Balaban J connectivity index is 2.69. The van der Waals surface area contributed by atoms with Gasteiger partial charge >= 0.3 is 0 Å². The minimum Gasteiger partial charge on any atom is -0.361 e. The molecule has 1 unspecified atom stereocenters. The molecule has 0 bridgehead atoms. The van der Waals surface area contributed by atoms with Crippen molar-refractivity contribution in [1.29, 1.82) is 0 Å². The average Bonchev–Trinajstić information content (AvgIpc) is 2.93. The van der Waals surface area contributed by atoms with E-state index in [1.54, 1.807) is 35.5 Å². The van der Waals surface area contributed by atoms with Crippen molar-refractivity contribution in [1.82, 2.24) is 4.90 Å². The van der Waals surface area contributed by atoms with Crippen LogP contribution in [-0.4, -0.2) is 35.0 Å². The third kappa shape index (κ3) is 5.77. The summed E-state index contributed by atoms with van der Waals surface area (Å²) in [4.78, 5) is 15.7. The summed E-state index contributed by atoms with van der Waals surface area (Å²) >= 11 is 8.61. The fourth-order valence-corrected chi connectivity index (χ4v) is 3.63. The number of nitrogens with zero attached hydrogens (tertiary/aromatic N) is 1. The first-order valence-corrected chi connectivity index (χ1v) is 9.15. The predicted octanol–water partition coefficient (Wildman–Crippen LogP) is 4.47. The summed E-state index contributed by atoms with van der Waals surface area (Å²) < 4.78 is 0. The smallest absolute Gasteiger partial charge is 0.129 e. The maximum absolute atomic E-state index is 11.0. The highest BCUT2D eigenvalue weighted by Crippen LogP contribution is 2.25. The highest BCUT2D eigenvalue weighted by molar-refractivity contribution is 8.02. The Kier molecular flexibility index (Phi) is 8.11. The fourth-order valence-electron chi connectivity index (χ4n) is 1.88. The molecule has 5 heteroatoms. The molecule has 20 heavy (non-hydrogen) atoms. The van der Waals surface area contributed by atoms with Crippen molar-refractivity contribution in [3.05, 3.63) is 27.3 Å². The van der Waals surface area contributed by atoms with Crippen LogP contribution in [0.4, 0.5) is 0 Å². The minimum absolute atomic E-state index is 0.237. The molecule has 0 fully saturated rings. The van der Waals surface area contributed by atoms with Crippen LogP contribution in [0.5, 0.6) is 0 Å². The second-order valence-corrected chi connectivity index (χ2v) is 6.66. The molecule has 1 aromatic rings. The molecule has 1 atom stereocenters. The van der Waals surface area contributed by atoms with Gasteiger partial charge < -0.3 is 9.69 Å². The summed E-state index contributed by atoms with van der Waals surface area (Å²) in [5.41, 5.74) is 1.71. The minimum atomic E-state index is 0.237. The van der Waals surface area contributed by atoms with Crippen LogP contribution in [0.25, 0.3) is 6.08 Å². The van der Waals surface area contributed by atoms with Crippen LogP contribution in [0, 0.1) is 0 Å². The lowest BCUT2D eigenvalue weighted by Crippen LogP contribution is -2.33. The molecule has 0 amide bonds. The van der Waals surface area contributed by atoms with E-state index in [1.165, 1.54) is 9.78 Å². The number of thiocarbonyl (C=S) groups is 1. The predicted molar refractivity (Wildman–Crippen MR) is 95.5 cm³/mol. The van der Waals surface area contributed by atoms with Crippen LogP contribution in [0.15, 0.2) is 22.4 Å². The van der Waals surface area contributed by atoms with Gasteiger partial charge in [0.05, 0.1) is 11.5 Å². The van der Waals surface area contributed by atoms with E-state index in [2.05, 4.69) is 41.7 Å². The quantitative estimate of drug-likeness (QED) is 0.623. The molecule has 0 saturated carbocycles. The first-order valence-electron chi connectivity index (χ1n) is 6.58. The maximum atomic E-state index is 11.0. The van der Waals surface area contributed by atoms with Gasteiger partial charge in [-0.25, -0.2) is 0 Å². The number of hydrogen-bond donors (Lipinski definition) is 0. The highest BCUT2D eigenvalue weighted by Gasteiger charge is 2.15. The van der Waals surface area contributed by atoms with Gasteiger partial charge in [0.15, 0.2) is 0 Å². The van der Waals surface area contributed by atoms with Crippen molar-refractivity contribution in [2.75, 3.05) is 12.8 Å². The third-order valence-electron chi connectivity index (χ3n) is 3.05. The normalized spacial score (nSPS) is 13.1. The lowest BCUT2D eigenvalue weighted by atomic mass is 10.2. The number of thioether (sulfide) groups is 1. The number of ketones is 1. The van der Waals surface area contributed by atoms with Gasteiger partial charge in [-0.05, 0) is 44.0 Å². The Hall–Kier alpha value is -0.650. The SMILES string of the molecule is CS/C(=C\c1cccs1)C(C)N(C=S)CCCC(C)=O. The Morgan fingerprint density at radius 2 is 2.35 bits per heavy atom. The van der Waals surface area contributed by atoms with E-state index in [4.69, 9.17) is 12.2 Å². The molecule has 0 saturated heterocycles. The van der Waals surface area contributed by atoms with E-state index in [9.17, 15) is 4.79 Å². The van der Waals surface area contributed by atoms with E-state index in [0.29, 0.717) is 6.42 Å². The Morgan fingerprint density at radius 3 is 2.85 bits per heavy atom. The van der Waals surface area contributed by atoms with Crippen LogP contribution in [-0.2, 0) is 4.79 Å². The average molecular weight is 328 g/mol. The summed E-state index contributed by atoms with van der Waals surface area (Å²) in [6, 6.07) is 4.42. The largest absolute Gasteiger partial charge is 0.361 e. The molecular weight excluding hydrogens is 306 g/mol. The number of Topliss-reactive ketones (excluding diaryl/α,β-unsaturated/α-hetero) is 1. The lowest BCUT2D eigenvalue weighted by molar-refractivity contribution is -0.117. The van der Waals surface area contributed by atoms with Crippen LogP contribution in [0.3, 0.4) is 0 Å². The van der Waals surface area contributed by atoms with Gasteiger partial charge in [0.25, 0.3) is 0 Å². The summed E-state index contributed by atoms with van der Waals surface area (Å²) in [5.74, 6) is 0.237. The van der Waals surface area contributed by atoms with Gasteiger partial charge in [-0.1, -0.05) is 18.3 Å². The van der Waals surface area contributed by atoms with Crippen LogP contribution >= 0.6 is 35.3 Å². The van der Waals surface area contributed by atoms with Gasteiger partial charge in [-0.15, -0.1) is 23.1 Å². The number of rotatable bonds is 9. The Labute approximate surface area is 135 Å². The lowest BCUT2D eigenvalue weighted by Gasteiger charge is -2.28. The number of hydrogen-bond acceptors (Lipinski definition) is 4. The fraction of sp³-hybridized carbons (Fsp3) is 0.467. The summed E-state index contributed by atoms with van der Waals surface area (Å²) in [6.45, 7) is 4.62. The Morgan fingerprint density at radius 1 is 1.60 bits per heavy atom.